The molecular weight excluding hydrogens is 576 g/mol. The zero-order valence-corrected chi connectivity index (χ0v) is 22.6. The van der Waals surface area contributed by atoms with Crippen LogP contribution in [0.15, 0.2) is 45.6 Å². The maximum Gasteiger partial charge on any atom is 0.229 e. The summed E-state index contributed by atoms with van der Waals surface area (Å²) >= 11 is 0. The summed E-state index contributed by atoms with van der Waals surface area (Å²) in [6.07, 6.45) is -15.3. The first-order valence-electron chi connectivity index (χ1n) is 13.3. The zero-order valence-electron chi connectivity index (χ0n) is 22.6. The van der Waals surface area contributed by atoms with Gasteiger partial charge >= 0.3 is 0 Å². The molecule has 0 amide bonds. The Kier molecular flexibility index (Phi) is 8.92. The number of hydrogen-bond donors (Lipinski definition) is 9. The lowest BCUT2D eigenvalue weighted by Crippen LogP contribution is -2.60. The number of phenols is 1. The molecule has 2 aliphatic heterocycles. The lowest BCUT2D eigenvalue weighted by atomic mass is 9.89. The van der Waals surface area contributed by atoms with Gasteiger partial charge in [0, 0.05) is 17.7 Å². The molecule has 0 saturated carbocycles. The summed E-state index contributed by atoms with van der Waals surface area (Å²) in [6.45, 7) is -1.33. The molecule has 2 saturated heterocycles. The SMILES string of the molecule is COc1cc(O)c2c(=O)cc(-c3ccc(O[C@@H]4O[C@H](CO)[C@@H](O)[C@H](O)[C@H]4O)cc3)oc2c1[C@@H]1O[C@H](CO)[C@@H](O)[C@H](O)[C@H]1O. The van der Waals surface area contributed by atoms with Crippen LogP contribution in [0.4, 0.5) is 0 Å². The number of phenolic OH excluding ortho intramolecular Hbond substituents is 1. The first-order valence-corrected chi connectivity index (χ1v) is 13.3. The van der Waals surface area contributed by atoms with Gasteiger partial charge in [0.05, 0.1) is 25.9 Å². The Balaban J connectivity index is 1.52. The van der Waals surface area contributed by atoms with Crippen molar-refractivity contribution < 1.29 is 69.3 Å². The highest BCUT2D eigenvalue weighted by Crippen LogP contribution is 2.44. The standard InChI is InChI=1S/C28H32O15/c1-39-15-7-13(32)18-12(31)6-14(41-26(18)19(15)27-24(37)22(35)20(33)16(8-29)42-27)10-2-4-11(5-3-10)40-28-25(38)23(36)21(34)17(9-30)43-28/h2-7,16-17,20-25,27-30,32-38H,8-9H2,1H3/t16-,17-,20-,21-,22+,23+,24-,25-,27+,28-/m1/s1. The van der Waals surface area contributed by atoms with Gasteiger partial charge in [0.2, 0.25) is 6.29 Å². The Bertz CT molecular complexity index is 1490. The van der Waals surface area contributed by atoms with E-state index in [9.17, 15) is 50.8 Å². The number of aliphatic hydroxyl groups is 8. The minimum atomic E-state index is -1.74. The summed E-state index contributed by atoms with van der Waals surface area (Å²) < 4.78 is 28.0. The van der Waals surface area contributed by atoms with Crippen LogP contribution in [0.1, 0.15) is 11.7 Å². The van der Waals surface area contributed by atoms with Crippen LogP contribution in [0.25, 0.3) is 22.3 Å². The third kappa shape index (κ3) is 5.56. The van der Waals surface area contributed by atoms with Gasteiger partial charge in [0.25, 0.3) is 0 Å². The summed E-state index contributed by atoms with van der Waals surface area (Å²) in [5.74, 6) is -0.422. The van der Waals surface area contributed by atoms with Crippen LogP contribution >= 0.6 is 0 Å². The quantitative estimate of drug-likeness (QED) is 0.139. The number of aliphatic hydroxyl groups excluding tert-OH is 8. The van der Waals surface area contributed by atoms with Gasteiger partial charge in [-0.15, -0.1) is 0 Å². The number of methoxy groups -OCH3 is 1. The van der Waals surface area contributed by atoms with Crippen molar-refractivity contribution >= 4 is 11.0 Å². The number of fused-ring (bicyclic) bond motifs is 1. The highest BCUT2D eigenvalue weighted by molar-refractivity contribution is 5.89. The first kappa shape index (κ1) is 31.1. The van der Waals surface area contributed by atoms with Gasteiger partial charge in [0.15, 0.2) is 11.0 Å². The molecule has 234 valence electrons. The second-order valence-electron chi connectivity index (χ2n) is 10.3. The molecule has 3 aromatic rings. The fourth-order valence-electron chi connectivity index (χ4n) is 5.23. The number of rotatable bonds is 7. The van der Waals surface area contributed by atoms with Crippen molar-refractivity contribution in [1.29, 1.82) is 0 Å². The van der Waals surface area contributed by atoms with Crippen LogP contribution in [0.2, 0.25) is 0 Å². The maximum atomic E-state index is 13.2. The lowest BCUT2D eigenvalue weighted by Gasteiger charge is -2.40. The van der Waals surface area contributed by atoms with Crippen molar-refractivity contribution in [3.8, 4) is 28.6 Å². The van der Waals surface area contributed by atoms with Crippen LogP contribution in [-0.2, 0) is 9.47 Å². The molecule has 1 aromatic heterocycles. The molecule has 0 spiro atoms. The van der Waals surface area contributed by atoms with Crippen molar-refractivity contribution in [3.05, 3.63) is 52.2 Å². The molecule has 43 heavy (non-hydrogen) atoms. The maximum absolute atomic E-state index is 13.2. The molecule has 2 aromatic carbocycles. The number of hydrogen-bond acceptors (Lipinski definition) is 15. The second kappa shape index (κ2) is 12.3. The molecule has 10 atom stereocenters. The molecule has 15 nitrogen and oxygen atoms in total. The van der Waals surface area contributed by atoms with Crippen molar-refractivity contribution in [3.63, 3.8) is 0 Å². The van der Waals surface area contributed by atoms with Gasteiger partial charge in [0.1, 0.15) is 83.3 Å². The van der Waals surface area contributed by atoms with E-state index in [1.54, 1.807) is 0 Å². The van der Waals surface area contributed by atoms with Gasteiger partial charge in [-0.3, -0.25) is 4.79 Å². The summed E-state index contributed by atoms with van der Waals surface area (Å²) in [4.78, 5) is 13.2. The fourth-order valence-corrected chi connectivity index (χ4v) is 5.23. The minimum Gasteiger partial charge on any atom is -0.507 e. The summed E-state index contributed by atoms with van der Waals surface area (Å²) in [5, 5.41) is 90.9. The van der Waals surface area contributed by atoms with E-state index in [0.29, 0.717) is 5.56 Å². The van der Waals surface area contributed by atoms with E-state index >= 15 is 0 Å². The van der Waals surface area contributed by atoms with Crippen LogP contribution in [0.3, 0.4) is 0 Å². The molecule has 3 heterocycles. The van der Waals surface area contributed by atoms with Crippen molar-refractivity contribution in [2.24, 2.45) is 0 Å². The normalized spacial score (nSPS) is 33.0. The molecular formula is C28H32O15. The van der Waals surface area contributed by atoms with Crippen molar-refractivity contribution in [2.45, 2.75) is 61.2 Å². The smallest absolute Gasteiger partial charge is 0.229 e. The van der Waals surface area contributed by atoms with E-state index in [1.807, 2.05) is 0 Å². The van der Waals surface area contributed by atoms with Crippen molar-refractivity contribution in [2.75, 3.05) is 20.3 Å². The average Bonchev–Trinajstić information content (AvgIpc) is 3.00. The monoisotopic (exact) mass is 608 g/mol. The van der Waals surface area contributed by atoms with Gasteiger partial charge < -0.3 is 69.3 Å². The van der Waals surface area contributed by atoms with E-state index in [1.165, 1.54) is 31.4 Å². The molecule has 2 fully saturated rings. The van der Waals surface area contributed by atoms with Crippen LogP contribution in [0.5, 0.6) is 17.2 Å². The lowest BCUT2D eigenvalue weighted by molar-refractivity contribution is -0.277. The molecule has 0 aliphatic carbocycles. The molecule has 15 heteroatoms. The molecule has 2 aliphatic rings. The average molecular weight is 609 g/mol. The first-order chi connectivity index (χ1) is 20.5. The fraction of sp³-hybridized carbons (Fsp3) is 0.464. The van der Waals surface area contributed by atoms with E-state index in [4.69, 9.17) is 23.4 Å². The van der Waals surface area contributed by atoms with Crippen LogP contribution in [0, 0.1) is 0 Å². The van der Waals surface area contributed by atoms with E-state index in [2.05, 4.69) is 0 Å². The third-order valence-electron chi connectivity index (χ3n) is 7.62. The third-order valence-corrected chi connectivity index (χ3v) is 7.62. The number of benzene rings is 2. The number of aromatic hydroxyl groups is 1. The zero-order chi connectivity index (χ0) is 31.2. The summed E-state index contributed by atoms with van der Waals surface area (Å²) in [7, 11) is 1.25. The molecule has 9 N–H and O–H groups in total. The Morgan fingerprint density at radius 2 is 1.40 bits per heavy atom. The van der Waals surface area contributed by atoms with E-state index in [0.717, 1.165) is 12.1 Å². The summed E-state index contributed by atoms with van der Waals surface area (Å²) in [6, 6.07) is 8.05. The second-order valence-corrected chi connectivity index (χ2v) is 10.3. The Morgan fingerprint density at radius 3 is 2.00 bits per heavy atom. The number of ether oxygens (including phenoxy) is 4. The van der Waals surface area contributed by atoms with Crippen LogP contribution in [-0.4, -0.2) is 121 Å². The topological polar surface area (TPSA) is 249 Å². The van der Waals surface area contributed by atoms with Gasteiger partial charge in [-0.05, 0) is 24.3 Å². The van der Waals surface area contributed by atoms with Gasteiger partial charge in [-0.2, -0.15) is 0 Å². The van der Waals surface area contributed by atoms with E-state index < -0.39 is 85.6 Å². The molecule has 0 radical (unpaired) electrons. The predicted octanol–water partition coefficient (Wildman–Crippen LogP) is -2.13. The van der Waals surface area contributed by atoms with Crippen LogP contribution < -0.4 is 14.9 Å². The molecule has 0 unspecified atom stereocenters. The Labute approximate surface area is 242 Å². The minimum absolute atomic E-state index is 0.00427. The highest BCUT2D eigenvalue weighted by Gasteiger charge is 2.47. The Hall–Kier alpha value is -3.35. The van der Waals surface area contributed by atoms with E-state index in [-0.39, 0.29) is 33.8 Å². The largest absolute Gasteiger partial charge is 0.507 e. The predicted molar refractivity (Wildman–Crippen MR) is 143 cm³/mol. The van der Waals surface area contributed by atoms with Gasteiger partial charge in [-0.25, -0.2) is 0 Å². The summed E-state index contributed by atoms with van der Waals surface area (Å²) in [5.41, 5.74) is -0.648. The highest BCUT2D eigenvalue weighted by atomic mass is 16.7. The molecule has 5 rings (SSSR count). The van der Waals surface area contributed by atoms with Crippen molar-refractivity contribution in [1.82, 2.24) is 0 Å². The van der Waals surface area contributed by atoms with Gasteiger partial charge in [-0.1, -0.05) is 0 Å². The molecule has 0 bridgehead atoms. The Morgan fingerprint density at radius 1 is 0.791 bits per heavy atom.